The fourth-order valence-corrected chi connectivity index (χ4v) is 1.98. The molecule has 1 unspecified atom stereocenters. The Bertz CT molecular complexity index is 476. The second-order valence-electron chi connectivity index (χ2n) is 4.33. The quantitative estimate of drug-likeness (QED) is 0.607. The van der Waals surface area contributed by atoms with Crippen molar-refractivity contribution < 1.29 is 27.8 Å². The van der Waals surface area contributed by atoms with E-state index in [1.165, 1.54) is 0 Å². The van der Waals surface area contributed by atoms with Gasteiger partial charge in [0.2, 0.25) is 11.0 Å². The van der Waals surface area contributed by atoms with Crippen molar-refractivity contribution in [2.45, 2.75) is 30.3 Å². The van der Waals surface area contributed by atoms with Gasteiger partial charge in [0.25, 0.3) is 0 Å². The Morgan fingerprint density at radius 1 is 1.55 bits per heavy atom. The predicted octanol–water partition coefficient (Wildman–Crippen LogP) is 1.23. The van der Waals surface area contributed by atoms with Crippen LogP contribution < -0.4 is 0 Å². The lowest BCUT2D eigenvalue weighted by atomic mass is 10.4. The summed E-state index contributed by atoms with van der Waals surface area (Å²) in [5.74, 6) is -1.55. The van der Waals surface area contributed by atoms with E-state index in [0.29, 0.717) is 0 Å². The SMILES string of the molecule is O=C(OCC(O)CSc1n[nH]c(C(F)(F)F)n1)C1CC1. The Balaban J connectivity index is 1.71. The van der Waals surface area contributed by atoms with E-state index in [1.54, 1.807) is 5.10 Å². The van der Waals surface area contributed by atoms with E-state index in [2.05, 4.69) is 10.1 Å². The molecule has 112 valence electrons. The molecule has 1 saturated carbocycles. The van der Waals surface area contributed by atoms with Crippen molar-refractivity contribution in [3.63, 3.8) is 0 Å². The van der Waals surface area contributed by atoms with Crippen LogP contribution in [0.25, 0.3) is 0 Å². The van der Waals surface area contributed by atoms with Crippen LogP contribution in [0.3, 0.4) is 0 Å². The monoisotopic (exact) mass is 311 g/mol. The maximum atomic E-state index is 12.2. The van der Waals surface area contributed by atoms with E-state index < -0.39 is 18.1 Å². The van der Waals surface area contributed by atoms with E-state index >= 15 is 0 Å². The molecule has 1 heterocycles. The Labute approximate surface area is 116 Å². The van der Waals surface area contributed by atoms with Crippen molar-refractivity contribution in [3.05, 3.63) is 5.82 Å². The zero-order valence-corrected chi connectivity index (χ0v) is 11.0. The van der Waals surface area contributed by atoms with Crippen LogP contribution in [-0.4, -0.2) is 44.7 Å². The Kier molecular flexibility index (Phi) is 4.53. The van der Waals surface area contributed by atoms with E-state index in [9.17, 15) is 23.1 Å². The van der Waals surface area contributed by atoms with Crippen molar-refractivity contribution in [3.8, 4) is 0 Å². The normalized spacial score (nSPS) is 17.0. The van der Waals surface area contributed by atoms with Gasteiger partial charge in [-0.05, 0) is 12.8 Å². The van der Waals surface area contributed by atoms with Gasteiger partial charge < -0.3 is 9.84 Å². The molecule has 0 aromatic carbocycles. The highest BCUT2D eigenvalue weighted by Gasteiger charge is 2.35. The summed E-state index contributed by atoms with van der Waals surface area (Å²) in [7, 11) is 0. The first-order valence-corrected chi connectivity index (χ1v) is 6.82. The van der Waals surface area contributed by atoms with E-state index in [4.69, 9.17) is 4.74 Å². The zero-order chi connectivity index (χ0) is 14.8. The van der Waals surface area contributed by atoms with Gasteiger partial charge >= 0.3 is 12.1 Å². The maximum Gasteiger partial charge on any atom is 0.451 e. The molecule has 0 saturated heterocycles. The molecule has 1 aromatic rings. The number of nitrogens with zero attached hydrogens (tertiary/aromatic N) is 2. The lowest BCUT2D eigenvalue weighted by Gasteiger charge is -2.09. The number of nitrogens with one attached hydrogen (secondary N) is 1. The molecule has 1 fully saturated rings. The van der Waals surface area contributed by atoms with Gasteiger partial charge in [-0.2, -0.15) is 18.2 Å². The summed E-state index contributed by atoms with van der Waals surface area (Å²) in [6.45, 7) is -0.182. The first-order chi connectivity index (χ1) is 9.36. The largest absolute Gasteiger partial charge is 0.463 e. The minimum Gasteiger partial charge on any atom is -0.463 e. The molecule has 1 aliphatic rings. The van der Waals surface area contributed by atoms with Crippen LogP contribution in [0.1, 0.15) is 18.7 Å². The van der Waals surface area contributed by atoms with Crippen LogP contribution in [0.2, 0.25) is 0 Å². The molecule has 0 aliphatic heterocycles. The van der Waals surface area contributed by atoms with Crippen LogP contribution in [0.5, 0.6) is 0 Å². The van der Waals surface area contributed by atoms with E-state index in [-0.39, 0.29) is 29.4 Å². The standard InChI is InChI=1S/C10H12F3N3O3S/c11-10(12,13)8-14-9(16-15-8)20-4-6(17)3-19-7(18)5-1-2-5/h5-6,17H,1-4H2,(H,14,15,16). The molecule has 1 aromatic heterocycles. The summed E-state index contributed by atoms with van der Waals surface area (Å²) in [6, 6.07) is 0. The first-order valence-electron chi connectivity index (χ1n) is 5.83. The topological polar surface area (TPSA) is 88.1 Å². The summed E-state index contributed by atoms with van der Waals surface area (Å²) < 4.78 is 41.6. The van der Waals surface area contributed by atoms with Crippen LogP contribution in [0, 0.1) is 5.92 Å². The lowest BCUT2D eigenvalue weighted by Crippen LogP contribution is -2.21. The van der Waals surface area contributed by atoms with Gasteiger partial charge in [-0.3, -0.25) is 9.89 Å². The molecule has 20 heavy (non-hydrogen) atoms. The Morgan fingerprint density at radius 3 is 2.80 bits per heavy atom. The fraction of sp³-hybridized carbons (Fsp3) is 0.700. The number of rotatable bonds is 6. The third-order valence-corrected chi connectivity index (χ3v) is 3.46. The van der Waals surface area contributed by atoms with E-state index in [0.717, 1.165) is 24.6 Å². The molecule has 1 atom stereocenters. The number of H-pyrrole nitrogens is 1. The fourth-order valence-electron chi connectivity index (χ4n) is 1.27. The van der Waals surface area contributed by atoms with Gasteiger partial charge in [0.1, 0.15) is 6.61 Å². The Morgan fingerprint density at radius 2 is 2.25 bits per heavy atom. The summed E-state index contributed by atoms with van der Waals surface area (Å²) in [4.78, 5) is 14.4. The molecule has 2 rings (SSSR count). The predicted molar refractivity (Wildman–Crippen MR) is 61.8 cm³/mol. The van der Waals surface area contributed by atoms with Gasteiger partial charge in [-0.25, -0.2) is 0 Å². The summed E-state index contributed by atoms with van der Waals surface area (Å²) in [5.41, 5.74) is 0. The molecular weight excluding hydrogens is 299 g/mol. The average Bonchev–Trinajstić information content (AvgIpc) is 3.10. The average molecular weight is 311 g/mol. The summed E-state index contributed by atoms with van der Waals surface area (Å²) in [5, 5.41) is 14.6. The van der Waals surface area contributed by atoms with Crippen molar-refractivity contribution in [1.29, 1.82) is 0 Å². The number of esters is 1. The highest BCUT2D eigenvalue weighted by Crippen LogP contribution is 2.30. The summed E-state index contributed by atoms with van der Waals surface area (Å²) in [6.07, 6.45) is -3.94. The number of hydrogen-bond acceptors (Lipinski definition) is 6. The molecular formula is C10H12F3N3O3S. The number of ether oxygens (including phenoxy) is 1. The molecule has 2 N–H and O–H groups in total. The first kappa shape index (κ1) is 15.1. The van der Waals surface area contributed by atoms with Crippen LogP contribution in [-0.2, 0) is 15.7 Å². The number of aromatic nitrogens is 3. The number of hydrogen-bond donors (Lipinski definition) is 2. The van der Waals surface area contributed by atoms with Crippen LogP contribution in [0.15, 0.2) is 5.16 Å². The second-order valence-corrected chi connectivity index (χ2v) is 5.32. The smallest absolute Gasteiger partial charge is 0.451 e. The van der Waals surface area contributed by atoms with Gasteiger partial charge in [0.05, 0.1) is 12.0 Å². The number of alkyl halides is 3. The second kappa shape index (κ2) is 6.00. The number of carbonyl (C=O) groups excluding carboxylic acids is 1. The molecule has 0 radical (unpaired) electrons. The lowest BCUT2D eigenvalue weighted by molar-refractivity contribution is -0.147. The maximum absolute atomic E-state index is 12.2. The van der Waals surface area contributed by atoms with Crippen molar-refractivity contribution in [2.24, 2.45) is 5.92 Å². The number of aromatic amines is 1. The van der Waals surface area contributed by atoms with Crippen molar-refractivity contribution in [1.82, 2.24) is 15.2 Å². The molecule has 0 amide bonds. The zero-order valence-electron chi connectivity index (χ0n) is 10.2. The van der Waals surface area contributed by atoms with Gasteiger partial charge in [-0.15, -0.1) is 5.10 Å². The number of carbonyl (C=O) groups is 1. The van der Waals surface area contributed by atoms with Crippen LogP contribution >= 0.6 is 11.8 Å². The highest BCUT2D eigenvalue weighted by molar-refractivity contribution is 7.99. The van der Waals surface area contributed by atoms with Gasteiger partial charge in [0, 0.05) is 5.75 Å². The molecule has 6 nitrogen and oxygen atoms in total. The van der Waals surface area contributed by atoms with Gasteiger partial charge in [0.15, 0.2) is 0 Å². The number of halogens is 3. The molecule has 10 heteroatoms. The molecule has 1 aliphatic carbocycles. The molecule has 0 bridgehead atoms. The highest BCUT2D eigenvalue weighted by atomic mass is 32.2. The minimum absolute atomic E-state index is 0.0348. The summed E-state index contributed by atoms with van der Waals surface area (Å²) >= 11 is 0.846. The molecule has 0 spiro atoms. The number of aliphatic hydroxyl groups is 1. The van der Waals surface area contributed by atoms with Gasteiger partial charge in [-0.1, -0.05) is 11.8 Å². The van der Waals surface area contributed by atoms with E-state index in [1.807, 2.05) is 0 Å². The van der Waals surface area contributed by atoms with Crippen molar-refractivity contribution in [2.75, 3.05) is 12.4 Å². The minimum atomic E-state index is -4.58. The van der Waals surface area contributed by atoms with Crippen molar-refractivity contribution >= 4 is 17.7 Å². The number of thioether (sulfide) groups is 1. The van der Waals surface area contributed by atoms with Crippen LogP contribution in [0.4, 0.5) is 13.2 Å². The third-order valence-electron chi connectivity index (χ3n) is 2.47. The Hall–Kier alpha value is -1.29. The third kappa shape index (κ3) is 4.37. The number of aliphatic hydroxyl groups excluding tert-OH is 1.